The van der Waals surface area contributed by atoms with Crippen molar-refractivity contribution in [3.63, 3.8) is 0 Å². The van der Waals surface area contributed by atoms with Crippen LogP contribution in [0, 0.1) is 0 Å². The first kappa shape index (κ1) is 55.6. The lowest BCUT2D eigenvalue weighted by Gasteiger charge is -2.18. The van der Waals surface area contributed by atoms with Gasteiger partial charge >= 0.3 is 17.9 Å². The van der Waals surface area contributed by atoms with Gasteiger partial charge in [-0.15, -0.1) is 0 Å². The Morgan fingerprint density at radius 3 is 1.05 bits per heavy atom. The summed E-state index contributed by atoms with van der Waals surface area (Å²) in [5, 5.41) is 0. The average Bonchev–Trinajstić information content (AvgIpc) is 3.22. The summed E-state index contributed by atoms with van der Waals surface area (Å²) in [5.41, 5.74) is 0. The summed E-state index contributed by atoms with van der Waals surface area (Å²) in [7, 11) is 0. The van der Waals surface area contributed by atoms with Crippen LogP contribution in [0.3, 0.4) is 0 Å². The van der Waals surface area contributed by atoms with Crippen LogP contribution in [0.15, 0.2) is 36.5 Å². The van der Waals surface area contributed by atoms with Crippen molar-refractivity contribution in [3.8, 4) is 0 Å². The first-order valence-corrected chi connectivity index (χ1v) is 25.0. The molecule has 0 amide bonds. The van der Waals surface area contributed by atoms with Gasteiger partial charge in [-0.1, -0.05) is 211 Å². The van der Waals surface area contributed by atoms with E-state index >= 15 is 0 Å². The molecule has 0 saturated heterocycles. The van der Waals surface area contributed by atoms with Crippen LogP contribution in [0.5, 0.6) is 0 Å². The van der Waals surface area contributed by atoms with Gasteiger partial charge in [-0.3, -0.25) is 14.4 Å². The molecule has 0 aliphatic carbocycles. The molecule has 0 saturated carbocycles. The molecular formula is C52H94O6. The monoisotopic (exact) mass is 815 g/mol. The number of carbonyl (C=O) groups excluding carboxylic acids is 3. The molecule has 1 atom stereocenters. The highest BCUT2D eigenvalue weighted by Gasteiger charge is 2.19. The van der Waals surface area contributed by atoms with E-state index in [1.807, 2.05) is 6.08 Å². The first-order valence-electron chi connectivity index (χ1n) is 25.0. The van der Waals surface area contributed by atoms with Crippen molar-refractivity contribution in [3.05, 3.63) is 36.5 Å². The van der Waals surface area contributed by atoms with E-state index in [9.17, 15) is 14.4 Å². The fraction of sp³-hybridized carbons (Fsp3) is 0.827. The molecule has 0 spiro atoms. The van der Waals surface area contributed by atoms with Gasteiger partial charge in [0.05, 0.1) is 0 Å². The van der Waals surface area contributed by atoms with Crippen molar-refractivity contribution < 1.29 is 28.6 Å². The number of rotatable bonds is 45. The molecule has 0 heterocycles. The van der Waals surface area contributed by atoms with Gasteiger partial charge in [-0.05, 0) is 64.2 Å². The molecule has 0 aliphatic heterocycles. The fourth-order valence-electron chi connectivity index (χ4n) is 7.08. The van der Waals surface area contributed by atoms with E-state index in [1.54, 1.807) is 0 Å². The van der Waals surface area contributed by atoms with Crippen molar-refractivity contribution in [1.82, 2.24) is 0 Å². The third kappa shape index (κ3) is 44.7. The van der Waals surface area contributed by atoms with Crippen molar-refractivity contribution in [2.75, 3.05) is 13.2 Å². The van der Waals surface area contributed by atoms with Crippen molar-refractivity contribution in [1.29, 1.82) is 0 Å². The summed E-state index contributed by atoms with van der Waals surface area (Å²) < 4.78 is 16.7. The van der Waals surface area contributed by atoms with Crippen LogP contribution in [0.2, 0.25) is 0 Å². The Balaban J connectivity index is 4.44. The number of esters is 3. The van der Waals surface area contributed by atoms with Crippen LogP contribution in [-0.2, 0) is 28.6 Å². The van der Waals surface area contributed by atoms with E-state index in [0.29, 0.717) is 19.3 Å². The Hall–Kier alpha value is -2.37. The zero-order valence-electron chi connectivity index (χ0n) is 38.6. The lowest BCUT2D eigenvalue weighted by Crippen LogP contribution is -2.30. The van der Waals surface area contributed by atoms with E-state index in [-0.39, 0.29) is 37.5 Å². The maximum atomic E-state index is 12.7. The molecule has 0 aliphatic rings. The van der Waals surface area contributed by atoms with Crippen LogP contribution < -0.4 is 0 Å². The number of hydrogen-bond donors (Lipinski definition) is 0. The SMILES string of the molecule is CCCCCCCC/C=C/C/C=C/CCC(=O)OC(COC(=O)CCCCC/C=C/CCCCCCCCC)COC(=O)CCCCCCCCCCCCCCC. The highest BCUT2D eigenvalue weighted by Crippen LogP contribution is 2.15. The summed E-state index contributed by atoms with van der Waals surface area (Å²) in [4.78, 5) is 37.8. The van der Waals surface area contributed by atoms with E-state index in [1.165, 1.54) is 148 Å². The van der Waals surface area contributed by atoms with Crippen LogP contribution in [0.25, 0.3) is 0 Å². The molecule has 6 heteroatoms. The van der Waals surface area contributed by atoms with Gasteiger partial charge in [0.25, 0.3) is 0 Å². The highest BCUT2D eigenvalue weighted by atomic mass is 16.6. The zero-order valence-corrected chi connectivity index (χ0v) is 38.6. The van der Waals surface area contributed by atoms with E-state index in [2.05, 4.69) is 51.2 Å². The van der Waals surface area contributed by atoms with Gasteiger partial charge in [0.15, 0.2) is 6.10 Å². The summed E-state index contributed by atoms with van der Waals surface area (Å²) in [6.45, 7) is 6.57. The third-order valence-electron chi connectivity index (χ3n) is 10.9. The van der Waals surface area contributed by atoms with Gasteiger partial charge in [-0.2, -0.15) is 0 Å². The minimum Gasteiger partial charge on any atom is -0.462 e. The number of ether oxygens (including phenoxy) is 3. The molecule has 0 aromatic heterocycles. The molecule has 6 nitrogen and oxygen atoms in total. The van der Waals surface area contributed by atoms with Crippen LogP contribution in [0.4, 0.5) is 0 Å². The molecule has 338 valence electrons. The van der Waals surface area contributed by atoms with Crippen molar-refractivity contribution in [2.24, 2.45) is 0 Å². The zero-order chi connectivity index (χ0) is 42.3. The fourth-order valence-corrected chi connectivity index (χ4v) is 7.08. The van der Waals surface area contributed by atoms with Gasteiger partial charge in [-0.25, -0.2) is 0 Å². The molecule has 0 aromatic carbocycles. The quantitative estimate of drug-likeness (QED) is 0.0264. The Bertz CT molecular complexity index is 984. The van der Waals surface area contributed by atoms with Crippen LogP contribution in [0.1, 0.15) is 258 Å². The van der Waals surface area contributed by atoms with Crippen LogP contribution in [-0.4, -0.2) is 37.2 Å². The van der Waals surface area contributed by atoms with Gasteiger partial charge < -0.3 is 14.2 Å². The van der Waals surface area contributed by atoms with Gasteiger partial charge in [0.1, 0.15) is 13.2 Å². The molecule has 1 unspecified atom stereocenters. The van der Waals surface area contributed by atoms with E-state index in [0.717, 1.165) is 64.2 Å². The number of hydrogen-bond acceptors (Lipinski definition) is 6. The summed E-state index contributed by atoms with van der Waals surface area (Å²) in [6.07, 6.45) is 54.2. The summed E-state index contributed by atoms with van der Waals surface area (Å²) in [6, 6.07) is 0. The first-order chi connectivity index (χ1) is 28.5. The molecular weight excluding hydrogens is 721 g/mol. The predicted molar refractivity (Wildman–Crippen MR) is 247 cm³/mol. The molecule has 58 heavy (non-hydrogen) atoms. The standard InChI is InChI=1S/C52H94O6/c1-4-7-10-13-16-19-22-25-28-30-33-36-39-42-45-51(54)57-48-49(58-52(55)46-43-40-37-34-31-27-24-21-18-15-12-9-6-3)47-56-50(53)44-41-38-35-32-29-26-23-20-17-14-11-8-5-2/h27-28,30-31,37,40,49H,4-26,29,32-36,38-39,41-48H2,1-3H3/b30-28+,31-27+,40-37+. The second-order valence-electron chi connectivity index (χ2n) is 16.7. The molecule has 0 fully saturated rings. The molecule has 0 aromatic rings. The Morgan fingerprint density at radius 2 is 0.655 bits per heavy atom. The second-order valence-corrected chi connectivity index (χ2v) is 16.7. The van der Waals surface area contributed by atoms with E-state index < -0.39 is 6.10 Å². The maximum absolute atomic E-state index is 12.7. The molecule has 0 radical (unpaired) electrons. The largest absolute Gasteiger partial charge is 0.462 e. The third-order valence-corrected chi connectivity index (χ3v) is 10.9. The Labute approximate surface area is 359 Å². The minimum atomic E-state index is -0.803. The second kappa shape index (κ2) is 47.3. The maximum Gasteiger partial charge on any atom is 0.306 e. The number of unbranched alkanes of at least 4 members (excludes halogenated alkanes) is 28. The summed E-state index contributed by atoms with van der Waals surface area (Å²) in [5.74, 6) is -0.974. The normalized spacial score (nSPS) is 12.3. The minimum absolute atomic E-state index is 0.0965. The predicted octanol–water partition coefficient (Wildman–Crippen LogP) is 16.1. The van der Waals surface area contributed by atoms with Crippen molar-refractivity contribution in [2.45, 2.75) is 264 Å². The van der Waals surface area contributed by atoms with Crippen molar-refractivity contribution >= 4 is 17.9 Å². The van der Waals surface area contributed by atoms with Gasteiger partial charge in [0.2, 0.25) is 0 Å². The molecule has 0 bridgehead atoms. The molecule has 0 rings (SSSR count). The Morgan fingerprint density at radius 1 is 0.345 bits per heavy atom. The molecule has 0 N–H and O–H groups in total. The Kier molecular flexibility index (Phi) is 45.4. The van der Waals surface area contributed by atoms with Gasteiger partial charge in [0, 0.05) is 19.3 Å². The highest BCUT2D eigenvalue weighted by molar-refractivity contribution is 5.71. The average molecular weight is 815 g/mol. The lowest BCUT2D eigenvalue weighted by atomic mass is 10.0. The van der Waals surface area contributed by atoms with E-state index in [4.69, 9.17) is 14.2 Å². The topological polar surface area (TPSA) is 78.9 Å². The smallest absolute Gasteiger partial charge is 0.306 e. The van der Waals surface area contributed by atoms with Crippen LogP contribution >= 0.6 is 0 Å². The summed E-state index contributed by atoms with van der Waals surface area (Å²) >= 11 is 0. The lowest BCUT2D eigenvalue weighted by molar-refractivity contribution is -0.166. The number of allylic oxidation sites excluding steroid dienone is 6. The number of carbonyl (C=O) groups is 3.